The lowest BCUT2D eigenvalue weighted by atomic mass is 9.85. The molecule has 0 amide bonds. The van der Waals surface area contributed by atoms with Crippen LogP contribution in [0, 0.1) is 5.41 Å². The topological polar surface area (TPSA) is 12.0 Å². The highest BCUT2D eigenvalue weighted by Crippen LogP contribution is 2.48. The Hall–Kier alpha value is -0.890. The third-order valence-corrected chi connectivity index (χ3v) is 4.96. The minimum Gasteiger partial charge on any atom is -0.375 e. The van der Waals surface area contributed by atoms with Crippen LogP contribution in [0.2, 0.25) is 15.1 Å². The minimum absolute atomic E-state index is 0.0650. The fraction of sp³-hybridized carbons (Fsp3) is 0.294. The van der Waals surface area contributed by atoms with Crippen LogP contribution >= 0.6 is 34.8 Å². The zero-order valence-corrected chi connectivity index (χ0v) is 14.2. The van der Waals surface area contributed by atoms with E-state index >= 15 is 0 Å². The lowest BCUT2D eigenvalue weighted by Crippen LogP contribution is -2.24. The molecule has 1 nitrogen and oxygen atoms in total. The summed E-state index contributed by atoms with van der Waals surface area (Å²) in [5.74, 6) is 0. The molecular weight excluding hydrogens is 325 g/mol. The Morgan fingerprint density at radius 3 is 2.38 bits per heavy atom. The summed E-state index contributed by atoms with van der Waals surface area (Å²) in [4.78, 5) is 0. The van der Waals surface area contributed by atoms with E-state index in [1.54, 1.807) is 0 Å². The van der Waals surface area contributed by atoms with Gasteiger partial charge >= 0.3 is 0 Å². The maximum absolute atomic E-state index is 6.29. The fourth-order valence-corrected chi connectivity index (χ4v) is 3.75. The summed E-state index contributed by atoms with van der Waals surface area (Å²) in [5, 5.41) is 5.55. The van der Waals surface area contributed by atoms with Crippen LogP contribution in [-0.4, -0.2) is 0 Å². The average Bonchev–Trinajstić information content (AvgIpc) is 2.64. The summed E-state index contributed by atoms with van der Waals surface area (Å²) in [6.45, 7) is 4.48. The first-order chi connectivity index (χ1) is 9.88. The van der Waals surface area contributed by atoms with Crippen molar-refractivity contribution in [2.75, 3.05) is 5.32 Å². The van der Waals surface area contributed by atoms with Crippen molar-refractivity contribution in [3.63, 3.8) is 0 Å². The van der Waals surface area contributed by atoms with Gasteiger partial charge in [0.25, 0.3) is 0 Å². The molecule has 2 aromatic rings. The van der Waals surface area contributed by atoms with Crippen LogP contribution in [-0.2, 0) is 6.42 Å². The number of hydrogen-bond donors (Lipinski definition) is 1. The van der Waals surface area contributed by atoms with Gasteiger partial charge in [0.1, 0.15) is 0 Å². The molecule has 0 aromatic heterocycles. The minimum atomic E-state index is 0.0650. The van der Waals surface area contributed by atoms with Gasteiger partial charge in [-0.2, -0.15) is 0 Å². The largest absolute Gasteiger partial charge is 0.375 e. The van der Waals surface area contributed by atoms with Crippen molar-refractivity contribution >= 4 is 40.5 Å². The molecule has 1 aliphatic rings. The van der Waals surface area contributed by atoms with Crippen molar-refractivity contribution in [3.05, 3.63) is 62.6 Å². The van der Waals surface area contributed by atoms with E-state index in [0.717, 1.165) is 17.1 Å². The van der Waals surface area contributed by atoms with Gasteiger partial charge in [0.05, 0.1) is 21.8 Å². The van der Waals surface area contributed by atoms with E-state index in [4.69, 9.17) is 34.8 Å². The Balaban J connectivity index is 2.04. The molecule has 0 saturated heterocycles. The maximum Gasteiger partial charge on any atom is 0.0723 e. The Labute approximate surface area is 140 Å². The van der Waals surface area contributed by atoms with Crippen LogP contribution < -0.4 is 5.32 Å². The maximum atomic E-state index is 6.29. The summed E-state index contributed by atoms with van der Waals surface area (Å²) < 4.78 is 0. The number of hydrogen-bond acceptors (Lipinski definition) is 1. The van der Waals surface area contributed by atoms with Crippen molar-refractivity contribution in [1.29, 1.82) is 0 Å². The summed E-state index contributed by atoms with van der Waals surface area (Å²) in [6.07, 6.45) is 0.999. The third kappa shape index (κ3) is 2.75. The molecule has 1 atom stereocenters. The van der Waals surface area contributed by atoms with Crippen LogP contribution in [0.1, 0.15) is 31.0 Å². The molecule has 4 heteroatoms. The Kier molecular flexibility index (Phi) is 3.85. The van der Waals surface area contributed by atoms with Gasteiger partial charge in [0.15, 0.2) is 0 Å². The Bertz CT molecular complexity index is 674. The third-order valence-electron chi connectivity index (χ3n) is 4.10. The summed E-state index contributed by atoms with van der Waals surface area (Å²) in [7, 11) is 0. The predicted molar refractivity (Wildman–Crippen MR) is 91.8 cm³/mol. The summed E-state index contributed by atoms with van der Waals surface area (Å²) >= 11 is 18.7. The number of rotatable bonds is 2. The van der Waals surface area contributed by atoms with Gasteiger partial charge in [-0.1, -0.05) is 60.8 Å². The number of halogens is 3. The second-order valence-electron chi connectivity index (χ2n) is 6.18. The number of benzene rings is 2. The molecule has 0 heterocycles. The number of fused-ring (bicyclic) bond motifs is 1. The lowest BCUT2D eigenvalue weighted by Gasteiger charge is -2.30. The highest BCUT2D eigenvalue weighted by atomic mass is 35.5. The van der Waals surface area contributed by atoms with Crippen LogP contribution in [0.15, 0.2) is 36.4 Å². The number of anilines is 1. The lowest BCUT2D eigenvalue weighted by molar-refractivity contribution is 0.337. The van der Waals surface area contributed by atoms with Gasteiger partial charge in [-0.15, -0.1) is 0 Å². The average molecular weight is 341 g/mol. The van der Waals surface area contributed by atoms with E-state index in [9.17, 15) is 0 Å². The first-order valence-electron chi connectivity index (χ1n) is 6.87. The van der Waals surface area contributed by atoms with Crippen LogP contribution in [0.4, 0.5) is 5.69 Å². The first kappa shape index (κ1) is 15.0. The monoisotopic (exact) mass is 339 g/mol. The van der Waals surface area contributed by atoms with E-state index in [2.05, 4.69) is 25.2 Å². The second-order valence-corrected chi connectivity index (χ2v) is 7.43. The standard InChI is InChI=1S/C17H16Cl3N/c1-17(2)9-10-6-7-11(18)8-12(10)16(17)21-15-13(19)4-3-5-14(15)20/h3-8,16,21H,9H2,1-2H3. The molecule has 1 aliphatic carbocycles. The van der Waals surface area contributed by atoms with Crippen LogP contribution in [0.5, 0.6) is 0 Å². The van der Waals surface area contributed by atoms with Gasteiger partial charge in [-0.25, -0.2) is 0 Å². The summed E-state index contributed by atoms with van der Waals surface area (Å²) in [6, 6.07) is 11.8. The highest BCUT2D eigenvalue weighted by Gasteiger charge is 2.39. The smallest absolute Gasteiger partial charge is 0.0723 e. The second kappa shape index (κ2) is 5.39. The fourth-order valence-electron chi connectivity index (χ4n) is 3.06. The molecule has 1 unspecified atom stereocenters. The van der Waals surface area contributed by atoms with E-state index in [1.807, 2.05) is 30.3 Å². The molecule has 0 bridgehead atoms. The zero-order valence-electron chi connectivity index (χ0n) is 11.9. The molecule has 0 fully saturated rings. The molecule has 1 N–H and O–H groups in total. The molecule has 110 valence electrons. The van der Waals surface area contributed by atoms with Gasteiger partial charge in [0, 0.05) is 5.02 Å². The molecule has 21 heavy (non-hydrogen) atoms. The quantitative estimate of drug-likeness (QED) is 0.668. The van der Waals surface area contributed by atoms with Crippen LogP contribution in [0.3, 0.4) is 0 Å². The number of nitrogens with one attached hydrogen (secondary N) is 1. The number of para-hydroxylation sites is 1. The van der Waals surface area contributed by atoms with Gasteiger partial charge in [-0.05, 0) is 47.2 Å². The van der Waals surface area contributed by atoms with E-state index < -0.39 is 0 Å². The van der Waals surface area contributed by atoms with Gasteiger partial charge in [0.2, 0.25) is 0 Å². The molecular formula is C17H16Cl3N. The normalized spacial score (nSPS) is 19.4. The first-order valence-corrected chi connectivity index (χ1v) is 8.01. The van der Waals surface area contributed by atoms with Crippen LogP contribution in [0.25, 0.3) is 0 Å². The van der Waals surface area contributed by atoms with Crippen molar-refractivity contribution in [3.8, 4) is 0 Å². The van der Waals surface area contributed by atoms with Crippen molar-refractivity contribution in [1.82, 2.24) is 0 Å². The van der Waals surface area contributed by atoms with E-state index in [1.165, 1.54) is 11.1 Å². The molecule has 2 aromatic carbocycles. The van der Waals surface area contributed by atoms with E-state index in [0.29, 0.717) is 10.0 Å². The molecule has 0 aliphatic heterocycles. The van der Waals surface area contributed by atoms with Gasteiger partial charge in [-0.3, -0.25) is 0 Å². The Morgan fingerprint density at radius 2 is 1.71 bits per heavy atom. The molecule has 0 saturated carbocycles. The van der Waals surface area contributed by atoms with Crippen molar-refractivity contribution in [2.24, 2.45) is 5.41 Å². The predicted octanol–water partition coefficient (Wildman–Crippen LogP) is 6.38. The van der Waals surface area contributed by atoms with E-state index in [-0.39, 0.29) is 11.5 Å². The van der Waals surface area contributed by atoms with Crippen molar-refractivity contribution < 1.29 is 0 Å². The zero-order chi connectivity index (χ0) is 15.2. The highest BCUT2D eigenvalue weighted by molar-refractivity contribution is 6.39. The Morgan fingerprint density at radius 1 is 1.05 bits per heavy atom. The SMILES string of the molecule is CC1(C)Cc2ccc(Cl)cc2C1Nc1c(Cl)cccc1Cl. The molecule has 0 radical (unpaired) electrons. The molecule has 0 spiro atoms. The summed E-state index contributed by atoms with van der Waals surface area (Å²) in [5.41, 5.74) is 3.40. The molecule has 3 rings (SSSR count). The van der Waals surface area contributed by atoms with Crippen molar-refractivity contribution in [2.45, 2.75) is 26.3 Å². The van der Waals surface area contributed by atoms with Gasteiger partial charge < -0.3 is 5.32 Å².